The average molecular weight is 404 g/mol. The molecule has 0 saturated heterocycles. The van der Waals surface area contributed by atoms with Gasteiger partial charge in [-0.2, -0.15) is 0 Å². The highest BCUT2D eigenvalue weighted by Crippen LogP contribution is 2.27. The predicted octanol–water partition coefficient (Wildman–Crippen LogP) is 6.50. The van der Waals surface area contributed by atoms with E-state index in [1.54, 1.807) is 0 Å². The largest absolute Gasteiger partial charge is 0.350 e. The number of hydrogen-bond donors (Lipinski definition) is 1. The van der Waals surface area contributed by atoms with Gasteiger partial charge in [0.2, 0.25) is 0 Å². The van der Waals surface area contributed by atoms with Crippen LogP contribution in [0.5, 0.6) is 0 Å². The molecule has 158 valence electrons. The fourth-order valence-corrected chi connectivity index (χ4v) is 4.69. The second-order valence-corrected chi connectivity index (χ2v) is 8.54. The molecule has 1 saturated carbocycles. The van der Waals surface area contributed by atoms with E-state index in [1.165, 1.54) is 47.7 Å². The maximum absolute atomic E-state index is 13.4. The normalized spacial score (nSPS) is 15.1. The summed E-state index contributed by atoms with van der Waals surface area (Å²) in [7, 11) is 2.08. The predicted molar refractivity (Wildman–Crippen MR) is 125 cm³/mol. The van der Waals surface area contributed by atoms with E-state index < -0.39 is 0 Å². The number of anilines is 1. The minimum atomic E-state index is 0.0130. The highest BCUT2D eigenvalue weighted by Gasteiger charge is 2.26. The molecule has 1 N–H and O–H groups in total. The lowest BCUT2D eigenvalue weighted by Gasteiger charge is -2.31. The first-order valence-corrected chi connectivity index (χ1v) is 11.3. The van der Waals surface area contributed by atoms with Crippen molar-refractivity contribution in [3.05, 3.63) is 65.9 Å². The zero-order chi connectivity index (χ0) is 20.9. The molecule has 3 aromatic rings. The molecule has 1 aromatic heterocycles. The van der Waals surface area contributed by atoms with E-state index >= 15 is 0 Å². The molecular weight excluding hydrogens is 370 g/mol. The van der Waals surface area contributed by atoms with Crippen molar-refractivity contribution in [1.29, 1.82) is 0 Å². The first-order chi connectivity index (χ1) is 14.7. The summed E-state index contributed by atoms with van der Waals surface area (Å²) in [5.41, 5.74) is 4.58. The highest BCUT2D eigenvalue weighted by molar-refractivity contribution is 5.90. The summed E-state index contributed by atoms with van der Waals surface area (Å²) in [6.45, 7) is 2.79. The molecule has 2 aromatic carbocycles. The monoisotopic (exact) mass is 403 g/mol. The number of para-hydroxylation sites is 1. The average Bonchev–Trinajstić information content (AvgIpc) is 2.93. The van der Waals surface area contributed by atoms with E-state index in [-0.39, 0.29) is 6.03 Å². The number of aryl methyl sites for hydroxylation is 2. The van der Waals surface area contributed by atoms with Gasteiger partial charge in [-0.25, -0.2) is 4.79 Å². The SMILES string of the molecule is CCc1ccc(NC(=O)N(Cc2cn(C)c3ccccc23)C2CCCCCC2)cc1. The topological polar surface area (TPSA) is 37.3 Å². The molecule has 2 amide bonds. The first-order valence-electron chi connectivity index (χ1n) is 11.3. The minimum absolute atomic E-state index is 0.0130. The van der Waals surface area contributed by atoms with Gasteiger partial charge in [0.1, 0.15) is 0 Å². The van der Waals surface area contributed by atoms with Crippen LogP contribution >= 0.6 is 0 Å². The lowest BCUT2D eigenvalue weighted by molar-refractivity contribution is 0.176. The molecule has 1 aliphatic rings. The highest BCUT2D eigenvalue weighted by atomic mass is 16.2. The number of urea groups is 1. The number of carbonyl (C=O) groups is 1. The van der Waals surface area contributed by atoms with Gasteiger partial charge >= 0.3 is 6.03 Å². The minimum Gasteiger partial charge on any atom is -0.350 e. The molecule has 1 heterocycles. The Labute approximate surface area is 179 Å². The Morgan fingerprint density at radius 3 is 2.43 bits per heavy atom. The summed E-state index contributed by atoms with van der Waals surface area (Å²) in [6, 6.07) is 17.0. The van der Waals surface area contributed by atoms with Crippen LogP contribution in [0.4, 0.5) is 10.5 Å². The number of rotatable bonds is 5. The van der Waals surface area contributed by atoms with Crippen LogP contribution in [0.3, 0.4) is 0 Å². The molecule has 1 fully saturated rings. The number of nitrogens with one attached hydrogen (secondary N) is 1. The molecule has 0 bridgehead atoms. The summed E-state index contributed by atoms with van der Waals surface area (Å²) in [5, 5.41) is 4.40. The Morgan fingerprint density at radius 2 is 1.73 bits per heavy atom. The number of amides is 2. The smallest absolute Gasteiger partial charge is 0.322 e. The third-order valence-electron chi connectivity index (χ3n) is 6.46. The van der Waals surface area contributed by atoms with Crippen LogP contribution < -0.4 is 5.32 Å². The maximum atomic E-state index is 13.4. The molecule has 4 nitrogen and oxygen atoms in total. The Bertz CT molecular complexity index is 981. The summed E-state index contributed by atoms with van der Waals surface area (Å²) in [4.78, 5) is 15.5. The van der Waals surface area contributed by atoms with Crippen molar-refractivity contribution in [2.24, 2.45) is 7.05 Å². The number of hydrogen-bond acceptors (Lipinski definition) is 1. The van der Waals surface area contributed by atoms with Crippen molar-refractivity contribution in [1.82, 2.24) is 9.47 Å². The number of aromatic nitrogens is 1. The third-order valence-corrected chi connectivity index (χ3v) is 6.46. The van der Waals surface area contributed by atoms with Crippen LogP contribution in [-0.4, -0.2) is 21.5 Å². The Morgan fingerprint density at radius 1 is 1.03 bits per heavy atom. The van der Waals surface area contributed by atoms with Gasteiger partial charge in [0.05, 0.1) is 0 Å². The van der Waals surface area contributed by atoms with Gasteiger partial charge in [-0.05, 0) is 48.6 Å². The summed E-state index contributed by atoms with van der Waals surface area (Å²) in [6.07, 6.45) is 10.3. The Kier molecular flexibility index (Phi) is 6.41. The zero-order valence-corrected chi connectivity index (χ0v) is 18.2. The second-order valence-electron chi connectivity index (χ2n) is 8.54. The maximum Gasteiger partial charge on any atom is 0.322 e. The molecule has 0 unspecified atom stereocenters. The fourth-order valence-electron chi connectivity index (χ4n) is 4.69. The Balaban J connectivity index is 1.60. The second kappa shape index (κ2) is 9.38. The molecule has 30 heavy (non-hydrogen) atoms. The van der Waals surface area contributed by atoms with Gasteiger partial charge in [0.15, 0.2) is 0 Å². The molecule has 0 aliphatic heterocycles. The molecule has 4 rings (SSSR count). The van der Waals surface area contributed by atoms with Crippen LogP contribution in [0.2, 0.25) is 0 Å². The van der Waals surface area contributed by atoms with Crippen molar-refractivity contribution in [2.45, 2.75) is 64.5 Å². The van der Waals surface area contributed by atoms with E-state index in [1.807, 2.05) is 12.1 Å². The van der Waals surface area contributed by atoms with Gasteiger partial charge in [-0.1, -0.05) is 62.9 Å². The van der Waals surface area contributed by atoms with E-state index in [0.29, 0.717) is 12.6 Å². The third kappa shape index (κ3) is 4.53. The van der Waals surface area contributed by atoms with Crippen molar-refractivity contribution in [2.75, 3.05) is 5.32 Å². The van der Waals surface area contributed by atoms with E-state index in [2.05, 4.69) is 71.4 Å². The summed E-state index contributed by atoms with van der Waals surface area (Å²) >= 11 is 0. The van der Waals surface area contributed by atoms with Crippen LogP contribution in [0.15, 0.2) is 54.7 Å². The zero-order valence-electron chi connectivity index (χ0n) is 18.2. The Hall–Kier alpha value is -2.75. The van der Waals surface area contributed by atoms with Gasteiger partial charge in [0, 0.05) is 42.4 Å². The number of benzene rings is 2. The van der Waals surface area contributed by atoms with Gasteiger partial charge in [-0.15, -0.1) is 0 Å². The summed E-state index contributed by atoms with van der Waals surface area (Å²) < 4.78 is 2.16. The van der Waals surface area contributed by atoms with Crippen LogP contribution in [0.25, 0.3) is 10.9 Å². The van der Waals surface area contributed by atoms with Crippen molar-refractivity contribution >= 4 is 22.6 Å². The standard InChI is InChI=1S/C26H33N3O/c1-3-20-14-16-22(17-15-20)27-26(30)29(23-10-6-4-5-7-11-23)19-21-18-28(2)25-13-9-8-12-24(21)25/h8-9,12-18,23H,3-7,10-11,19H2,1-2H3,(H,27,30). The van der Waals surface area contributed by atoms with Crippen molar-refractivity contribution in [3.63, 3.8) is 0 Å². The van der Waals surface area contributed by atoms with Crippen molar-refractivity contribution in [3.8, 4) is 0 Å². The number of carbonyl (C=O) groups excluding carboxylic acids is 1. The molecule has 1 aliphatic carbocycles. The molecule has 4 heteroatoms. The van der Waals surface area contributed by atoms with Gasteiger partial charge < -0.3 is 14.8 Å². The van der Waals surface area contributed by atoms with Crippen LogP contribution in [0, 0.1) is 0 Å². The molecule has 0 atom stereocenters. The van der Waals surface area contributed by atoms with Crippen LogP contribution in [0.1, 0.15) is 56.6 Å². The van der Waals surface area contributed by atoms with Crippen LogP contribution in [-0.2, 0) is 20.0 Å². The van der Waals surface area contributed by atoms with Crippen molar-refractivity contribution < 1.29 is 4.79 Å². The van der Waals surface area contributed by atoms with E-state index in [9.17, 15) is 4.79 Å². The molecular formula is C26H33N3O. The van der Waals surface area contributed by atoms with Gasteiger partial charge in [-0.3, -0.25) is 0 Å². The quantitative estimate of drug-likeness (QED) is 0.485. The van der Waals surface area contributed by atoms with E-state index in [4.69, 9.17) is 0 Å². The fraction of sp³-hybridized carbons (Fsp3) is 0.423. The number of fused-ring (bicyclic) bond motifs is 1. The molecule has 0 spiro atoms. The summed E-state index contributed by atoms with van der Waals surface area (Å²) in [5.74, 6) is 0. The lowest BCUT2D eigenvalue weighted by Crippen LogP contribution is -2.42. The van der Waals surface area contributed by atoms with Gasteiger partial charge in [0.25, 0.3) is 0 Å². The number of nitrogens with zero attached hydrogens (tertiary/aromatic N) is 2. The van der Waals surface area contributed by atoms with E-state index in [0.717, 1.165) is 24.9 Å². The lowest BCUT2D eigenvalue weighted by atomic mass is 10.1. The molecule has 0 radical (unpaired) electrons. The first kappa shape index (κ1) is 20.5.